The zero-order valence-electron chi connectivity index (χ0n) is 20.3. The van der Waals surface area contributed by atoms with Crippen LogP contribution in [0.3, 0.4) is 0 Å². The second-order valence-corrected chi connectivity index (χ2v) is 11.3. The summed E-state index contributed by atoms with van der Waals surface area (Å²) in [5.74, 6) is -0.711. The smallest absolute Gasteiger partial charge is 0.284 e. The molecule has 36 heavy (non-hydrogen) atoms. The van der Waals surface area contributed by atoms with Gasteiger partial charge in [-0.3, -0.25) is 9.59 Å². The second kappa shape index (κ2) is 12.1. The van der Waals surface area contributed by atoms with E-state index in [0.717, 1.165) is 18.2 Å². The van der Waals surface area contributed by atoms with Gasteiger partial charge in [0, 0.05) is 11.4 Å². The lowest BCUT2D eigenvalue weighted by atomic mass is 10.1. The van der Waals surface area contributed by atoms with E-state index < -0.39 is 27.9 Å². The van der Waals surface area contributed by atoms with Gasteiger partial charge in [-0.1, -0.05) is 42.5 Å². The van der Waals surface area contributed by atoms with Crippen LogP contribution in [0.15, 0.2) is 54.6 Å². The van der Waals surface area contributed by atoms with Crippen molar-refractivity contribution in [2.24, 2.45) is 0 Å². The van der Waals surface area contributed by atoms with E-state index >= 15 is 0 Å². The van der Waals surface area contributed by atoms with Crippen LogP contribution >= 0.6 is 11.3 Å². The molecule has 1 atom stereocenters. The molecule has 1 heterocycles. The number of nitrogens with zero attached hydrogens (tertiary/aromatic N) is 2. The Balaban J connectivity index is 1.79. The average molecular weight is 532 g/mol. The highest BCUT2D eigenvalue weighted by molar-refractivity contribution is 7.89. The molecule has 0 saturated carbocycles. The van der Waals surface area contributed by atoms with E-state index in [0.29, 0.717) is 34.2 Å². The summed E-state index contributed by atoms with van der Waals surface area (Å²) < 4.78 is 29.9. The Labute approximate surface area is 214 Å². The highest BCUT2D eigenvalue weighted by Gasteiger charge is 2.26. The Morgan fingerprint density at radius 1 is 1.14 bits per heavy atom. The van der Waals surface area contributed by atoms with Gasteiger partial charge in [0.05, 0.1) is 19.9 Å². The summed E-state index contributed by atoms with van der Waals surface area (Å²) in [7, 11) is -2.21. The normalized spacial score (nSPS) is 12.1. The van der Waals surface area contributed by atoms with Crippen molar-refractivity contribution in [2.75, 3.05) is 19.9 Å². The highest BCUT2D eigenvalue weighted by atomic mass is 32.2. The molecule has 1 unspecified atom stereocenters. The van der Waals surface area contributed by atoms with E-state index in [-0.39, 0.29) is 12.2 Å². The van der Waals surface area contributed by atoms with Crippen molar-refractivity contribution in [3.63, 3.8) is 0 Å². The number of amides is 2. The van der Waals surface area contributed by atoms with Gasteiger partial charge in [0.25, 0.3) is 11.8 Å². The van der Waals surface area contributed by atoms with Gasteiger partial charge >= 0.3 is 0 Å². The quantitative estimate of drug-likeness (QED) is 0.390. The van der Waals surface area contributed by atoms with Crippen LogP contribution in [-0.4, -0.2) is 55.1 Å². The van der Waals surface area contributed by atoms with Crippen LogP contribution in [0, 0.1) is 6.92 Å². The number of aliphatic hydroxyl groups excluding tert-OH is 1. The van der Waals surface area contributed by atoms with Gasteiger partial charge in [-0.05, 0) is 43.0 Å². The summed E-state index contributed by atoms with van der Waals surface area (Å²) in [4.78, 5) is 32.0. The zero-order chi connectivity index (χ0) is 26.3. The monoisotopic (exact) mass is 531 g/mol. The van der Waals surface area contributed by atoms with Crippen LogP contribution in [0.2, 0.25) is 0 Å². The number of carbonyl (C=O) groups is 2. The summed E-state index contributed by atoms with van der Waals surface area (Å²) >= 11 is 1.20. The number of aromatic nitrogens is 1. The Kier molecular flexibility index (Phi) is 9.19. The Morgan fingerprint density at radius 2 is 1.81 bits per heavy atom. The SMILES string of the molecule is COc1ccc(C(O)C(=O)N(CCCc2ccccc2)Cc2nc(C(=O)NS(C)(=O)=O)c(C)s2)cc1. The van der Waals surface area contributed by atoms with Gasteiger partial charge in [0.15, 0.2) is 6.10 Å². The Morgan fingerprint density at radius 3 is 2.42 bits per heavy atom. The van der Waals surface area contributed by atoms with Gasteiger partial charge in [0.2, 0.25) is 10.0 Å². The number of aliphatic hydroxyl groups is 1. The molecule has 0 saturated heterocycles. The molecule has 192 valence electrons. The maximum atomic E-state index is 13.3. The molecular weight excluding hydrogens is 502 g/mol. The van der Waals surface area contributed by atoms with E-state index in [9.17, 15) is 23.1 Å². The lowest BCUT2D eigenvalue weighted by molar-refractivity contribution is -0.141. The minimum atomic E-state index is -3.74. The molecule has 3 aromatic rings. The van der Waals surface area contributed by atoms with Crippen LogP contribution in [0.4, 0.5) is 0 Å². The van der Waals surface area contributed by atoms with E-state index in [1.165, 1.54) is 23.3 Å². The van der Waals surface area contributed by atoms with Gasteiger partial charge in [-0.25, -0.2) is 18.1 Å². The molecule has 2 amide bonds. The predicted molar refractivity (Wildman–Crippen MR) is 137 cm³/mol. The molecule has 1 aromatic heterocycles. The second-order valence-electron chi connectivity index (χ2n) is 8.24. The van der Waals surface area contributed by atoms with E-state index in [1.807, 2.05) is 35.1 Å². The zero-order valence-corrected chi connectivity index (χ0v) is 21.9. The molecule has 0 fully saturated rings. The van der Waals surface area contributed by atoms with E-state index in [4.69, 9.17) is 4.74 Å². The van der Waals surface area contributed by atoms with E-state index in [1.54, 1.807) is 31.2 Å². The highest BCUT2D eigenvalue weighted by Crippen LogP contribution is 2.24. The summed E-state index contributed by atoms with van der Waals surface area (Å²) in [6, 6.07) is 16.5. The lowest BCUT2D eigenvalue weighted by Crippen LogP contribution is -2.36. The fraction of sp³-hybridized carbons (Fsp3) is 0.320. The summed E-state index contributed by atoms with van der Waals surface area (Å²) in [6.07, 6.45) is 0.891. The van der Waals surface area contributed by atoms with Crippen LogP contribution in [0.1, 0.15) is 44.0 Å². The first-order chi connectivity index (χ1) is 17.1. The summed E-state index contributed by atoms with van der Waals surface area (Å²) in [5, 5.41) is 11.3. The molecule has 0 aliphatic rings. The van der Waals surface area contributed by atoms with Crippen LogP contribution in [0.25, 0.3) is 0 Å². The van der Waals surface area contributed by atoms with Crippen LogP contribution < -0.4 is 9.46 Å². The van der Waals surface area contributed by atoms with E-state index in [2.05, 4.69) is 4.98 Å². The minimum absolute atomic E-state index is 0.00666. The van der Waals surface area contributed by atoms with Gasteiger partial charge in [0.1, 0.15) is 16.5 Å². The first-order valence-electron chi connectivity index (χ1n) is 11.2. The molecule has 2 N–H and O–H groups in total. The van der Waals surface area contributed by atoms with Crippen molar-refractivity contribution in [3.8, 4) is 5.75 Å². The molecule has 0 radical (unpaired) electrons. The van der Waals surface area contributed by atoms with Gasteiger partial charge in [-0.15, -0.1) is 11.3 Å². The molecule has 11 heteroatoms. The van der Waals surface area contributed by atoms with Crippen molar-refractivity contribution in [1.82, 2.24) is 14.6 Å². The number of sulfonamides is 1. The number of ether oxygens (including phenoxy) is 1. The number of methoxy groups -OCH3 is 1. The third-order valence-corrected chi connectivity index (χ3v) is 6.89. The molecule has 2 aromatic carbocycles. The summed E-state index contributed by atoms with van der Waals surface area (Å²) in [6.45, 7) is 2.08. The molecule has 9 nitrogen and oxygen atoms in total. The maximum Gasteiger partial charge on any atom is 0.284 e. The van der Waals surface area contributed by atoms with Crippen molar-refractivity contribution in [3.05, 3.63) is 81.3 Å². The van der Waals surface area contributed by atoms with Crippen molar-refractivity contribution in [2.45, 2.75) is 32.4 Å². The number of carbonyl (C=O) groups excluding carboxylic acids is 2. The number of thiazole rings is 1. The molecule has 0 aliphatic heterocycles. The van der Waals surface area contributed by atoms with Crippen LogP contribution in [-0.2, 0) is 27.8 Å². The number of nitrogens with one attached hydrogen (secondary N) is 1. The number of hydrogen-bond donors (Lipinski definition) is 2. The van der Waals surface area contributed by atoms with Crippen molar-refractivity contribution >= 4 is 33.2 Å². The van der Waals surface area contributed by atoms with Crippen molar-refractivity contribution in [1.29, 1.82) is 0 Å². The molecule has 0 bridgehead atoms. The van der Waals surface area contributed by atoms with Gasteiger partial charge < -0.3 is 14.7 Å². The maximum absolute atomic E-state index is 13.3. The number of rotatable bonds is 11. The van der Waals surface area contributed by atoms with Crippen LogP contribution in [0.5, 0.6) is 5.75 Å². The third-order valence-electron chi connectivity index (χ3n) is 5.37. The first-order valence-corrected chi connectivity index (χ1v) is 13.9. The predicted octanol–water partition coefficient (Wildman–Crippen LogP) is 2.84. The molecule has 0 spiro atoms. The summed E-state index contributed by atoms with van der Waals surface area (Å²) in [5.41, 5.74) is 1.55. The van der Waals surface area contributed by atoms with Gasteiger partial charge in [-0.2, -0.15) is 0 Å². The Hall–Kier alpha value is -3.28. The topological polar surface area (TPSA) is 126 Å². The fourth-order valence-corrected chi connectivity index (χ4v) is 4.98. The minimum Gasteiger partial charge on any atom is -0.497 e. The largest absolute Gasteiger partial charge is 0.497 e. The lowest BCUT2D eigenvalue weighted by Gasteiger charge is -2.25. The average Bonchev–Trinajstić information content (AvgIpc) is 3.22. The molecular formula is C25H29N3O6S2. The standard InChI is InChI=1S/C25H29N3O6S2/c1-17-22(24(30)27-36(3,32)33)26-21(35-17)16-28(15-7-10-18-8-5-4-6-9-18)25(31)23(29)19-11-13-20(34-2)14-12-19/h4-6,8-9,11-14,23,29H,7,10,15-16H2,1-3H3,(H,27,30). The third kappa shape index (κ3) is 7.61. The van der Waals surface area contributed by atoms with Crippen molar-refractivity contribution < 1.29 is 27.9 Å². The number of aryl methyl sites for hydroxylation is 2. The first kappa shape index (κ1) is 27.3. The molecule has 3 rings (SSSR count). The number of hydrogen-bond acceptors (Lipinski definition) is 8. The Bertz CT molecular complexity index is 1290. The molecule has 0 aliphatic carbocycles. The number of benzene rings is 2. The fourth-order valence-electron chi connectivity index (χ4n) is 3.60.